The summed E-state index contributed by atoms with van der Waals surface area (Å²) in [6.45, 7) is 5.95. The van der Waals surface area contributed by atoms with E-state index in [1.807, 2.05) is 37.6 Å². The van der Waals surface area contributed by atoms with Crippen molar-refractivity contribution in [1.29, 1.82) is 0 Å². The molecule has 0 saturated heterocycles. The van der Waals surface area contributed by atoms with Gasteiger partial charge in [-0.1, -0.05) is 0 Å². The molecule has 0 radical (unpaired) electrons. The first-order chi connectivity index (χ1) is 12.3. The molecule has 2 N–H and O–H groups in total. The second kappa shape index (κ2) is 6.02. The second-order valence-electron chi connectivity index (χ2n) is 6.98. The van der Waals surface area contributed by atoms with E-state index in [1.54, 1.807) is 6.07 Å². The van der Waals surface area contributed by atoms with E-state index in [0.29, 0.717) is 17.5 Å². The van der Waals surface area contributed by atoms with Crippen molar-refractivity contribution in [3.05, 3.63) is 41.1 Å². The van der Waals surface area contributed by atoms with Gasteiger partial charge >= 0.3 is 0 Å². The Hall–Kier alpha value is -2.54. The summed E-state index contributed by atoms with van der Waals surface area (Å²) in [4.78, 5) is 4.19. The predicted molar refractivity (Wildman–Crippen MR) is 96.4 cm³/mol. The molecule has 3 aromatic rings. The third-order valence-corrected chi connectivity index (χ3v) is 4.69. The number of halogens is 2. The molecule has 1 aliphatic heterocycles. The van der Waals surface area contributed by atoms with E-state index >= 15 is 0 Å². The molecule has 3 heterocycles. The first kappa shape index (κ1) is 16.9. The van der Waals surface area contributed by atoms with E-state index in [2.05, 4.69) is 15.4 Å². The van der Waals surface area contributed by atoms with Crippen molar-refractivity contribution in [2.45, 2.75) is 45.9 Å². The topological polar surface area (TPSA) is 63.0 Å². The standard InChI is InChI=1S/C19H20F2N4O/c1-9(2)25-18(17-13(24-25)4-5-14(22-17)19(20)21)12-6-10(3)16-11(7-12)8-15(26)23-16/h4-7,9,15,19,23,26H,8H2,1-3H3. The Kier molecular flexibility index (Phi) is 3.91. The lowest BCUT2D eigenvalue weighted by molar-refractivity contribution is 0.146. The number of nitrogens with zero attached hydrogens (tertiary/aromatic N) is 3. The Morgan fingerprint density at radius 3 is 2.73 bits per heavy atom. The number of fused-ring (bicyclic) bond motifs is 2. The molecule has 0 spiro atoms. The fourth-order valence-electron chi connectivity index (χ4n) is 3.55. The van der Waals surface area contributed by atoms with Crippen LogP contribution in [-0.2, 0) is 6.42 Å². The molecular weight excluding hydrogens is 338 g/mol. The Morgan fingerprint density at radius 2 is 2.04 bits per heavy atom. The smallest absolute Gasteiger partial charge is 0.280 e. The maximum absolute atomic E-state index is 13.2. The zero-order valence-electron chi connectivity index (χ0n) is 14.8. The van der Waals surface area contributed by atoms with Crippen LogP contribution in [0.5, 0.6) is 0 Å². The van der Waals surface area contributed by atoms with Gasteiger partial charge in [-0.2, -0.15) is 5.10 Å². The number of aliphatic hydroxyl groups is 1. The van der Waals surface area contributed by atoms with Crippen LogP contribution in [0.1, 0.15) is 43.1 Å². The van der Waals surface area contributed by atoms with Crippen molar-refractivity contribution in [2.75, 3.05) is 5.32 Å². The fourth-order valence-corrected chi connectivity index (χ4v) is 3.55. The average molecular weight is 358 g/mol. The lowest BCUT2D eigenvalue weighted by Gasteiger charge is -2.13. The van der Waals surface area contributed by atoms with Gasteiger partial charge < -0.3 is 10.4 Å². The summed E-state index contributed by atoms with van der Waals surface area (Å²) in [5.41, 5.74) is 5.33. The van der Waals surface area contributed by atoms with Crippen molar-refractivity contribution in [2.24, 2.45) is 0 Å². The molecule has 1 unspecified atom stereocenters. The van der Waals surface area contributed by atoms with Crippen LogP contribution in [-0.4, -0.2) is 26.1 Å². The number of rotatable bonds is 3. The lowest BCUT2D eigenvalue weighted by Crippen LogP contribution is -2.13. The van der Waals surface area contributed by atoms with E-state index in [1.165, 1.54) is 6.07 Å². The van der Waals surface area contributed by atoms with Crippen LogP contribution in [0.3, 0.4) is 0 Å². The number of alkyl halides is 2. The van der Waals surface area contributed by atoms with Gasteiger partial charge in [-0.3, -0.25) is 4.68 Å². The van der Waals surface area contributed by atoms with Gasteiger partial charge in [0.2, 0.25) is 0 Å². The molecule has 26 heavy (non-hydrogen) atoms. The van der Waals surface area contributed by atoms with Crippen molar-refractivity contribution in [3.63, 3.8) is 0 Å². The molecule has 136 valence electrons. The number of aromatic nitrogens is 3. The van der Waals surface area contributed by atoms with E-state index in [9.17, 15) is 13.9 Å². The number of hydrogen-bond donors (Lipinski definition) is 2. The number of aryl methyl sites for hydroxylation is 1. The average Bonchev–Trinajstić information content (AvgIpc) is 3.14. The first-order valence-electron chi connectivity index (χ1n) is 8.61. The molecule has 0 fully saturated rings. The summed E-state index contributed by atoms with van der Waals surface area (Å²) in [6, 6.07) is 6.93. The minimum absolute atomic E-state index is 0.0477. The highest BCUT2D eigenvalue weighted by Crippen LogP contribution is 2.37. The number of aliphatic hydroxyl groups excluding tert-OH is 1. The number of anilines is 1. The third-order valence-electron chi connectivity index (χ3n) is 4.69. The van der Waals surface area contributed by atoms with Crippen LogP contribution in [0.25, 0.3) is 22.3 Å². The minimum atomic E-state index is -2.63. The van der Waals surface area contributed by atoms with Gasteiger partial charge in [0, 0.05) is 23.7 Å². The Labute approximate surface area is 149 Å². The van der Waals surface area contributed by atoms with Gasteiger partial charge in [0.15, 0.2) is 0 Å². The summed E-state index contributed by atoms with van der Waals surface area (Å²) in [7, 11) is 0. The molecule has 0 saturated carbocycles. The van der Waals surface area contributed by atoms with Crippen LogP contribution in [0, 0.1) is 6.92 Å². The summed E-state index contributed by atoms with van der Waals surface area (Å²) in [5, 5.41) is 17.5. The van der Waals surface area contributed by atoms with Crippen molar-refractivity contribution < 1.29 is 13.9 Å². The number of nitrogens with one attached hydrogen (secondary N) is 1. The highest BCUT2D eigenvalue weighted by atomic mass is 19.3. The van der Waals surface area contributed by atoms with Crippen LogP contribution in [0.2, 0.25) is 0 Å². The minimum Gasteiger partial charge on any atom is -0.373 e. The van der Waals surface area contributed by atoms with Crippen molar-refractivity contribution in [1.82, 2.24) is 14.8 Å². The second-order valence-corrected chi connectivity index (χ2v) is 6.98. The molecule has 0 bridgehead atoms. The summed E-state index contributed by atoms with van der Waals surface area (Å²) < 4.78 is 28.1. The van der Waals surface area contributed by atoms with Crippen LogP contribution in [0.4, 0.5) is 14.5 Å². The molecule has 1 aromatic carbocycles. The summed E-state index contributed by atoms with van der Waals surface area (Å²) in [6.07, 6.45) is -2.72. The predicted octanol–water partition coefficient (Wildman–Crippen LogP) is 4.21. The molecule has 1 atom stereocenters. The van der Waals surface area contributed by atoms with Gasteiger partial charge in [-0.15, -0.1) is 0 Å². The van der Waals surface area contributed by atoms with Gasteiger partial charge in [-0.25, -0.2) is 13.8 Å². The largest absolute Gasteiger partial charge is 0.373 e. The molecule has 7 heteroatoms. The maximum atomic E-state index is 13.2. The van der Waals surface area contributed by atoms with Gasteiger partial charge in [0.1, 0.15) is 23.0 Å². The molecule has 0 amide bonds. The summed E-state index contributed by atoms with van der Waals surface area (Å²) >= 11 is 0. The zero-order valence-corrected chi connectivity index (χ0v) is 14.8. The van der Waals surface area contributed by atoms with Crippen LogP contribution in [0.15, 0.2) is 24.3 Å². The van der Waals surface area contributed by atoms with Gasteiger partial charge in [0.25, 0.3) is 6.43 Å². The molecule has 2 aromatic heterocycles. The highest BCUT2D eigenvalue weighted by Gasteiger charge is 2.24. The SMILES string of the molecule is Cc1cc(-c2c3nc(C(F)F)ccc3nn2C(C)C)cc2c1NC(O)C2. The van der Waals surface area contributed by atoms with E-state index < -0.39 is 12.7 Å². The lowest BCUT2D eigenvalue weighted by atomic mass is 10.0. The fraction of sp³-hybridized carbons (Fsp3) is 0.368. The third kappa shape index (κ3) is 2.63. The Bertz CT molecular complexity index is 997. The van der Waals surface area contributed by atoms with E-state index in [-0.39, 0.29) is 11.7 Å². The summed E-state index contributed by atoms with van der Waals surface area (Å²) in [5.74, 6) is 0. The van der Waals surface area contributed by atoms with Gasteiger partial charge in [-0.05, 0) is 56.2 Å². The molecular formula is C19H20F2N4O. The molecule has 1 aliphatic rings. The van der Waals surface area contributed by atoms with Gasteiger partial charge in [0.05, 0.1) is 5.69 Å². The zero-order chi connectivity index (χ0) is 18.6. The Morgan fingerprint density at radius 1 is 1.27 bits per heavy atom. The number of benzene rings is 1. The van der Waals surface area contributed by atoms with Crippen molar-refractivity contribution in [3.8, 4) is 11.3 Å². The molecule has 0 aliphatic carbocycles. The van der Waals surface area contributed by atoms with E-state index in [0.717, 1.165) is 28.1 Å². The monoisotopic (exact) mass is 358 g/mol. The van der Waals surface area contributed by atoms with Crippen LogP contribution < -0.4 is 5.32 Å². The van der Waals surface area contributed by atoms with Crippen LogP contribution >= 0.6 is 0 Å². The normalized spacial score (nSPS) is 16.5. The number of hydrogen-bond acceptors (Lipinski definition) is 4. The number of pyridine rings is 1. The molecule has 4 rings (SSSR count). The quantitative estimate of drug-likeness (QED) is 0.736. The highest BCUT2D eigenvalue weighted by molar-refractivity contribution is 5.91. The van der Waals surface area contributed by atoms with Crippen molar-refractivity contribution >= 4 is 16.7 Å². The Balaban J connectivity index is 1.98. The van der Waals surface area contributed by atoms with E-state index in [4.69, 9.17) is 0 Å². The maximum Gasteiger partial charge on any atom is 0.280 e. The first-order valence-corrected chi connectivity index (χ1v) is 8.61. The molecule has 5 nitrogen and oxygen atoms in total.